The molecule has 0 aliphatic carbocycles. The predicted octanol–water partition coefficient (Wildman–Crippen LogP) is 2.80. The van der Waals surface area contributed by atoms with Gasteiger partial charge in [-0.05, 0) is 12.1 Å². The van der Waals surface area contributed by atoms with Crippen LogP contribution >= 0.6 is 0 Å². The summed E-state index contributed by atoms with van der Waals surface area (Å²) in [5, 5.41) is 0. The minimum absolute atomic E-state index is 0.0321. The molecule has 10 nitrogen and oxygen atoms in total. The van der Waals surface area contributed by atoms with E-state index in [4.69, 9.17) is 28.4 Å². The van der Waals surface area contributed by atoms with Gasteiger partial charge >= 0.3 is 17.9 Å². The van der Waals surface area contributed by atoms with Gasteiger partial charge in [0.2, 0.25) is 11.9 Å². The molecular formula is C23H22O10. The van der Waals surface area contributed by atoms with Crippen LogP contribution in [0.4, 0.5) is 0 Å². The molecule has 33 heavy (non-hydrogen) atoms. The number of ketones is 1. The Bertz CT molecular complexity index is 1120. The van der Waals surface area contributed by atoms with Gasteiger partial charge < -0.3 is 28.4 Å². The van der Waals surface area contributed by atoms with Gasteiger partial charge in [-0.1, -0.05) is 6.07 Å². The number of hydrogen-bond acceptors (Lipinski definition) is 10. The summed E-state index contributed by atoms with van der Waals surface area (Å²) in [5.74, 6) is -1.81. The highest BCUT2D eigenvalue weighted by Crippen LogP contribution is 2.44. The molecule has 0 bridgehead atoms. The van der Waals surface area contributed by atoms with Crippen LogP contribution in [0.1, 0.15) is 42.8 Å². The molecule has 2 aromatic carbocycles. The van der Waals surface area contributed by atoms with Crippen LogP contribution in [0, 0.1) is 0 Å². The number of benzene rings is 2. The maximum absolute atomic E-state index is 13.4. The Kier molecular flexibility index (Phi) is 6.86. The lowest BCUT2D eigenvalue weighted by Gasteiger charge is -2.33. The molecule has 1 aliphatic rings. The lowest BCUT2D eigenvalue weighted by atomic mass is 9.92. The van der Waals surface area contributed by atoms with Gasteiger partial charge in [-0.3, -0.25) is 19.2 Å². The van der Waals surface area contributed by atoms with E-state index < -0.39 is 35.9 Å². The summed E-state index contributed by atoms with van der Waals surface area (Å²) in [4.78, 5) is 48.1. The first-order chi connectivity index (χ1) is 15.6. The molecule has 2 atom stereocenters. The third-order valence-corrected chi connectivity index (χ3v) is 4.62. The van der Waals surface area contributed by atoms with Crippen molar-refractivity contribution >= 4 is 23.7 Å². The Morgan fingerprint density at radius 2 is 1.48 bits per heavy atom. The van der Waals surface area contributed by atoms with Crippen LogP contribution in [0.2, 0.25) is 0 Å². The number of fused-ring (bicyclic) bond motifs is 1. The normalized spacial score (nSPS) is 16.7. The van der Waals surface area contributed by atoms with E-state index in [1.54, 1.807) is 6.07 Å². The predicted molar refractivity (Wildman–Crippen MR) is 112 cm³/mol. The highest BCUT2D eigenvalue weighted by molar-refractivity contribution is 6.06. The highest BCUT2D eigenvalue weighted by Gasteiger charge is 2.43. The molecule has 0 saturated heterocycles. The zero-order chi connectivity index (χ0) is 24.3. The van der Waals surface area contributed by atoms with E-state index in [1.807, 2.05) is 0 Å². The second-order valence-electron chi connectivity index (χ2n) is 7.03. The quantitative estimate of drug-likeness (QED) is 0.471. The van der Waals surface area contributed by atoms with Gasteiger partial charge in [-0.2, -0.15) is 0 Å². The van der Waals surface area contributed by atoms with E-state index in [9.17, 15) is 19.2 Å². The number of ether oxygens (including phenoxy) is 6. The van der Waals surface area contributed by atoms with Crippen molar-refractivity contribution in [2.75, 3.05) is 14.2 Å². The largest absolute Gasteiger partial charge is 0.496 e. The van der Waals surface area contributed by atoms with Crippen LogP contribution in [-0.2, 0) is 19.1 Å². The molecule has 0 aromatic heterocycles. The van der Waals surface area contributed by atoms with Crippen molar-refractivity contribution in [3.05, 3.63) is 41.5 Å². The SMILES string of the molecule is COc1ccc(C2Oc3cc(OC(C)=O)cc(OC)c3C(=O)C2OC(C)=O)cc1OC(C)=O. The summed E-state index contributed by atoms with van der Waals surface area (Å²) in [6, 6.07) is 7.28. The molecule has 10 heteroatoms. The Morgan fingerprint density at radius 1 is 0.818 bits per heavy atom. The van der Waals surface area contributed by atoms with Gasteiger partial charge in [0.25, 0.3) is 0 Å². The molecule has 0 N–H and O–H groups in total. The van der Waals surface area contributed by atoms with Gasteiger partial charge in [0.1, 0.15) is 22.8 Å². The van der Waals surface area contributed by atoms with Crippen LogP contribution in [0.5, 0.6) is 28.7 Å². The topological polar surface area (TPSA) is 124 Å². The number of hydrogen-bond donors (Lipinski definition) is 0. The second kappa shape index (κ2) is 9.60. The lowest BCUT2D eigenvalue weighted by Crippen LogP contribution is -2.39. The Labute approximate surface area is 189 Å². The van der Waals surface area contributed by atoms with Crippen molar-refractivity contribution in [1.29, 1.82) is 0 Å². The van der Waals surface area contributed by atoms with Crippen molar-refractivity contribution in [2.45, 2.75) is 33.0 Å². The summed E-state index contributed by atoms with van der Waals surface area (Å²) in [5.41, 5.74) is 0.402. The standard InChI is InChI=1S/C23H22O10/c1-11(24)30-15-9-18(29-5)20-19(10-15)33-22(23(21(20)27)32-13(3)26)14-6-7-16(28-4)17(8-14)31-12(2)25/h6-10,22-23H,1-5H3. The third kappa shape index (κ3) is 5.05. The first-order valence-electron chi connectivity index (χ1n) is 9.79. The number of carbonyl (C=O) groups excluding carboxylic acids is 4. The zero-order valence-electron chi connectivity index (χ0n) is 18.6. The van der Waals surface area contributed by atoms with Crippen LogP contribution in [-0.4, -0.2) is 44.0 Å². The molecule has 1 aliphatic heterocycles. The van der Waals surface area contributed by atoms with E-state index >= 15 is 0 Å². The van der Waals surface area contributed by atoms with Gasteiger partial charge in [0, 0.05) is 38.5 Å². The Balaban J connectivity index is 2.14. The second-order valence-corrected chi connectivity index (χ2v) is 7.03. The first-order valence-corrected chi connectivity index (χ1v) is 9.79. The number of rotatable bonds is 6. The van der Waals surface area contributed by atoms with E-state index in [0.29, 0.717) is 5.56 Å². The number of Topliss-reactive ketones (excluding diaryl/α,β-unsaturated/α-hetero) is 1. The molecule has 2 aromatic rings. The summed E-state index contributed by atoms with van der Waals surface area (Å²) in [6.45, 7) is 3.62. The highest BCUT2D eigenvalue weighted by atomic mass is 16.6. The fourth-order valence-electron chi connectivity index (χ4n) is 3.41. The fraction of sp³-hybridized carbons (Fsp3) is 0.304. The first kappa shape index (κ1) is 23.6. The van der Waals surface area contributed by atoms with Crippen LogP contribution < -0.4 is 23.7 Å². The van der Waals surface area contributed by atoms with Crippen LogP contribution in [0.3, 0.4) is 0 Å². The van der Waals surface area contributed by atoms with E-state index in [1.165, 1.54) is 59.3 Å². The molecule has 0 spiro atoms. The average molecular weight is 458 g/mol. The van der Waals surface area contributed by atoms with E-state index in [-0.39, 0.29) is 34.3 Å². The number of carbonyl (C=O) groups is 4. The van der Waals surface area contributed by atoms with Crippen molar-refractivity contribution in [2.24, 2.45) is 0 Å². The fourth-order valence-corrected chi connectivity index (χ4v) is 3.41. The number of esters is 3. The Morgan fingerprint density at radius 3 is 2.06 bits per heavy atom. The summed E-state index contributed by atoms with van der Waals surface area (Å²) >= 11 is 0. The van der Waals surface area contributed by atoms with Gasteiger partial charge in [-0.15, -0.1) is 0 Å². The lowest BCUT2D eigenvalue weighted by molar-refractivity contribution is -0.149. The number of methoxy groups -OCH3 is 2. The van der Waals surface area contributed by atoms with Gasteiger partial charge in [0.15, 0.2) is 17.6 Å². The van der Waals surface area contributed by atoms with E-state index in [2.05, 4.69) is 0 Å². The monoisotopic (exact) mass is 458 g/mol. The zero-order valence-corrected chi connectivity index (χ0v) is 18.6. The smallest absolute Gasteiger partial charge is 0.308 e. The van der Waals surface area contributed by atoms with Crippen molar-refractivity contribution in [1.82, 2.24) is 0 Å². The van der Waals surface area contributed by atoms with Crippen molar-refractivity contribution < 1.29 is 47.6 Å². The average Bonchev–Trinajstić information content (AvgIpc) is 2.73. The maximum Gasteiger partial charge on any atom is 0.308 e. The minimum Gasteiger partial charge on any atom is -0.496 e. The minimum atomic E-state index is -1.36. The molecule has 1 heterocycles. The molecule has 0 saturated carbocycles. The summed E-state index contributed by atoms with van der Waals surface area (Å²) in [6.07, 6.45) is -2.46. The van der Waals surface area contributed by atoms with Crippen molar-refractivity contribution in [3.63, 3.8) is 0 Å². The van der Waals surface area contributed by atoms with Gasteiger partial charge in [0.05, 0.1) is 14.2 Å². The maximum atomic E-state index is 13.4. The van der Waals surface area contributed by atoms with Crippen LogP contribution in [0.25, 0.3) is 0 Å². The molecular weight excluding hydrogens is 436 g/mol. The molecule has 2 unspecified atom stereocenters. The molecule has 0 fully saturated rings. The summed E-state index contributed by atoms with van der Waals surface area (Å²) < 4.78 is 32.2. The molecule has 3 rings (SSSR count). The van der Waals surface area contributed by atoms with E-state index in [0.717, 1.165) is 0 Å². The summed E-state index contributed by atoms with van der Waals surface area (Å²) in [7, 11) is 2.74. The van der Waals surface area contributed by atoms with Crippen LogP contribution in [0.15, 0.2) is 30.3 Å². The van der Waals surface area contributed by atoms with Crippen molar-refractivity contribution in [3.8, 4) is 28.7 Å². The Hall–Kier alpha value is -4.08. The third-order valence-electron chi connectivity index (χ3n) is 4.62. The molecule has 0 amide bonds. The molecule has 0 radical (unpaired) electrons. The van der Waals surface area contributed by atoms with Gasteiger partial charge in [-0.25, -0.2) is 0 Å². The molecule has 174 valence electrons.